The van der Waals surface area contributed by atoms with E-state index >= 15 is 0 Å². The molecule has 0 aliphatic heterocycles. The van der Waals surface area contributed by atoms with E-state index in [-0.39, 0.29) is 64.6 Å². The molecule has 2 atom stereocenters. The summed E-state index contributed by atoms with van der Waals surface area (Å²) in [6.45, 7) is 3.07. The van der Waals surface area contributed by atoms with E-state index in [9.17, 15) is 40.2 Å². The number of carbonyl (C=O) groups excluding carboxylic acids is 2. The van der Waals surface area contributed by atoms with Crippen molar-refractivity contribution in [2.75, 3.05) is 0 Å². The van der Waals surface area contributed by atoms with E-state index in [1.165, 1.54) is 13.0 Å². The Bertz CT molecular complexity index is 1750. The smallest absolute Gasteiger partial charge is 0.169 e. The molecule has 6 N–H and O–H groups in total. The molecule has 2 aliphatic rings. The maximum atomic E-state index is 13.1. The molecule has 0 saturated carbocycles. The molecule has 0 heterocycles. The normalized spacial score (nSPS) is 23.1. The average Bonchev–Trinajstić information content (AvgIpc) is 2.77. The highest BCUT2D eigenvalue weighted by Crippen LogP contribution is 2.52. The minimum Gasteiger partial charge on any atom is -0.507 e. The summed E-state index contributed by atoms with van der Waals surface area (Å²) in [6.07, 6.45) is -0.253. The van der Waals surface area contributed by atoms with Gasteiger partial charge < -0.3 is 30.6 Å². The molecule has 0 unspecified atom stereocenters. The maximum Gasteiger partial charge on any atom is 0.169 e. The van der Waals surface area contributed by atoms with Crippen molar-refractivity contribution in [3.8, 4) is 34.1 Å². The minimum absolute atomic E-state index is 0.0101. The molecule has 0 amide bonds. The monoisotopic (exact) mass is 514 g/mol. The van der Waals surface area contributed by atoms with Crippen LogP contribution >= 0.6 is 0 Å². The quantitative estimate of drug-likeness (QED) is 0.220. The van der Waals surface area contributed by atoms with Crippen LogP contribution in [-0.2, 0) is 12.8 Å². The van der Waals surface area contributed by atoms with Gasteiger partial charge in [0, 0.05) is 31.2 Å². The van der Waals surface area contributed by atoms with Crippen molar-refractivity contribution in [1.82, 2.24) is 0 Å². The predicted octanol–water partition coefficient (Wildman–Crippen LogP) is 4.24. The first-order valence-corrected chi connectivity index (χ1v) is 12.3. The summed E-state index contributed by atoms with van der Waals surface area (Å²) in [5.74, 6) is -2.37. The molecule has 0 fully saturated rings. The lowest BCUT2D eigenvalue weighted by Crippen LogP contribution is -2.36. The van der Waals surface area contributed by atoms with Crippen LogP contribution in [-0.4, -0.2) is 53.4 Å². The lowest BCUT2D eigenvalue weighted by atomic mass is 9.75. The molecule has 38 heavy (non-hydrogen) atoms. The molecule has 8 heteroatoms. The number of aromatic hydroxyl groups is 4. The average molecular weight is 515 g/mol. The molecule has 8 nitrogen and oxygen atoms in total. The van der Waals surface area contributed by atoms with Gasteiger partial charge in [0.2, 0.25) is 0 Å². The number of benzene rings is 4. The number of ketones is 2. The first kappa shape index (κ1) is 24.2. The third-order valence-electron chi connectivity index (χ3n) is 7.76. The van der Waals surface area contributed by atoms with Gasteiger partial charge in [0.05, 0.1) is 33.1 Å². The summed E-state index contributed by atoms with van der Waals surface area (Å²) in [4.78, 5) is 26.0. The zero-order chi connectivity index (χ0) is 27.3. The fourth-order valence-corrected chi connectivity index (χ4v) is 6.29. The molecule has 0 radical (unpaired) electrons. The fraction of sp³-hybridized carbons (Fsp3) is 0.267. The Morgan fingerprint density at radius 3 is 2.03 bits per heavy atom. The van der Waals surface area contributed by atoms with Gasteiger partial charge in [-0.3, -0.25) is 9.59 Å². The Labute approximate surface area is 217 Å². The molecule has 2 aliphatic carbocycles. The number of phenolic OH excluding ortho intramolecular Hbond substituents is 4. The number of hydrogen-bond donors (Lipinski definition) is 6. The number of hydrogen-bond acceptors (Lipinski definition) is 8. The van der Waals surface area contributed by atoms with Crippen LogP contribution in [0.3, 0.4) is 0 Å². The SMILES string of the molecule is C[C@@]1(O)CC(=O)c2c(cc3ccc(-c4c5c(c(O)c6c(O)cccc46)C(=O)C[C@@](C)(O)C5)c(O)c3c2O)C1. The molecule has 4 aromatic rings. The molecular weight excluding hydrogens is 488 g/mol. The highest BCUT2D eigenvalue weighted by molar-refractivity contribution is 6.17. The van der Waals surface area contributed by atoms with Crippen LogP contribution in [0.15, 0.2) is 36.4 Å². The molecule has 6 rings (SSSR count). The summed E-state index contributed by atoms with van der Waals surface area (Å²) in [5.41, 5.74) is -1.35. The number of phenols is 4. The standard InChI is InChI=1S/C30H26O8/c1-29(37)9-14-8-13-6-7-16(26(34)22(13)27(35)21(14)19(32)11-29)23-15-4-3-5-18(31)24(15)28(36)25-17(23)10-30(2,38)12-20(25)33/h3-8,31,34-38H,9-12H2,1-2H3/t29-,30-/m0/s1. The van der Waals surface area contributed by atoms with Crippen molar-refractivity contribution < 1.29 is 40.2 Å². The predicted molar refractivity (Wildman–Crippen MR) is 140 cm³/mol. The van der Waals surface area contributed by atoms with Crippen LogP contribution in [0.25, 0.3) is 32.7 Å². The lowest BCUT2D eigenvalue weighted by Gasteiger charge is -2.32. The third kappa shape index (κ3) is 3.37. The van der Waals surface area contributed by atoms with Crippen LogP contribution in [0, 0.1) is 0 Å². The molecule has 4 aromatic carbocycles. The van der Waals surface area contributed by atoms with Gasteiger partial charge >= 0.3 is 0 Å². The highest BCUT2D eigenvalue weighted by Gasteiger charge is 2.39. The fourth-order valence-electron chi connectivity index (χ4n) is 6.29. The molecule has 0 bridgehead atoms. The zero-order valence-electron chi connectivity index (χ0n) is 20.8. The first-order valence-electron chi connectivity index (χ1n) is 12.3. The van der Waals surface area contributed by atoms with Crippen LogP contribution < -0.4 is 0 Å². The van der Waals surface area contributed by atoms with Crippen molar-refractivity contribution in [1.29, 1.82) is 0 Å². The van der Waals surface area contributed by atoms with Gasteiger partial charge in [-0.1, -0.05) is 18.2 Å². The van der Waals surface area contributed by atoms with Crippen molar-refractivity contribution in [2.45, 2.75) is 50.7 Å². The van der Waals surface area contributed by atoms with E-state index in [1.807, 2.05) is 0 Å². The van der Waals surface area contributed by atoms with E-state index in [1.54, 1.807) is 37.3 Å². The van der Waals surface area contributed by atoms with Crippen molar-refractivity contribution in [3.05, 3.63) is 58.7 Å². The number of fused-ring (bicyclic) bond motifs is 4. The van der Waals surface area contributed by atoms with E-state index < -0.39 is 34.3 Å². The highest BCUT2D eigenvalue weighted by atomic mass is 16.3. The molecule has 0 aromatic heterocycles. The summed E-state index contributed by atoms with van der Waals surface area (Å²) < 4.78 is 0. The van der Waals surface area contributed by atoms with Crippen LogP contribution in [0.5, 0.6) is 23.0 Å². The Hall–Kier alpha value is -4.14. The Morgan fingerprint density at radius 2 is 1.32 bits per heavy atom. The maximum absolute atomic E-state index is 13.1. The first-order chi connectivity index (χ1) is 17.8. The van der Waals surface area contributed by atoms with Gasteiger partial charge in [-0.25, -0.2) is 0 Å². The van der Waals surface area contributed by atoms with Gasteiger partial charge in [-0.15, -0.1) is 0 Å². The van der Waals surface area contributed by atoms with Crippen molar-refractivity contribution >= 4 is 33.1 Å². The van der Waals surface area contributed by atoms with Crippen LogP contribution in [0.4, 0.5) is 0 Å². The lowest BCUT2D eigenvalue weighted by molar-refractivity contribution is 0.0396. The van der Waals surface area contributed by atoms with E-state index in [0.29, 0.717) is 27.5 Å². The molecule has 194 valence electrons. The summed E-state index contributed by atoms with van der Waals surface area (Å²) in [6, 6.07) is 9.46. The topological polar surface area (TPSA) is 156 Å². The molecule has 0 saturated heterocycles. The third-order valence-corrected chi connectivity index (χ3v) is 7.76. The summed E-state index contributed by atoms with van der Waals surface area (Å²) >= 11 is 0. The second-order valence-corrected chi connectivity index (χ2v) is 11.1. The number of carbonyl (C=O) groups is 2. The number of Topliss-reactive ketones (excluding diaryl/α,β-unsaturated/α-hetero) is 2. The van der Waals surface area contributed by atoms with Crippen molar-refractivity contribution in [2.24, 2.45) is 0 Å². The zero-order valence-corrected chi connectivity index (χ0v) is 20.8. The van der Waals surface area contributed by atoms with Gasteiger partial charge in [-0.05, 0) is 59.5 Å². The van der Waals surface area contributed by atoms with Gasteiger partial charge in [0.15, 0.2) is 11.6 Å². The van der Waals surface area contributed by atoms with Gasteiger partial charge in [0.1, 0.15) is 23.0 Å². The van der Waals surface area contributed by atoms with Crippen LogP contribution in [0.1, 0.15) is 58.5 Å². The largest absolute Gasteiger partial charge is 0.507 e. The number of rotatable bonds is 1. The Morgan fingerprint density at radius 1 is 0.684 bits per heavy atom. The summed E-state index contributed by atoms with van der Waals surface area (Å²) in [5, 5.41) is 66.6. The van der Waals surface area contributed by atoms with Crippen molar-refractivity contribution in [3.63, 3.8) is 0 Å². The van der Waals surface area contributed by atoms with Gasteiger partial charge in [-0.2, -0.15) is 0 Å². The molecular formula is C30H26O8. The van der Waals surface area contributed by atoms with E-state index in [0.717, 1.165) is 0 Å². The van der Waals surface area contributed by atoms with E-state index in [2.05, 4.69) is 0 Å². The van der Waals surface area contributed by atoms with Crippen LogP contribution in [0.2, 0.25) is 0 Å². The summed E-state index contributed by atoms with van der Waals surface area (Å²) in [7, 11) is 0. The second kappa shape index (κ2) is 7.69. The number of aliphatic hydroxyl groups is 2. The minimum atomic E-state index is -1.41. The molecule has 0 spiro atoms. The second-order valence-electron chi connectivity index (χ2n) is 11.1. The Balaban J connectivity index is 1.73. The Kier molecular flexibility index (Phi) is 4.90. The van der Waals surface area contributed by atoms with E-state index in [4.69, 9.17) is 0 Å². The van der Waals surface area contributed by atoms with Gasteiger partial charge in [0.25, 0.3) is 0 Å².